The number of hydrogen-bond donors (Lipinski definition) is 4. The standard InChI is InChI=1S/C59H73N11O7S/c1-34(2)55(59(74)69-32-45(71)26-50(69)58(73)63-36(4)40-10-12-41(13-11-40)56-37(5)62-33-78-56)52-28-54(66-77-52)75-21-18-38-17-20-67(35(3)22-38)29-39-23-46(24-39)76-53-25-42(16-19-61-53)70-43-14-15-44(70)31-68(30-43)49-27-48(64-65-57(49)60)47-8-6-7-9-51(47)72/h6-13,16,19,25,27-28,33-36,38-39,43-46,50,55,71-72H,14-15,17-18,20-24,26,29-32H2,1-5H3,(H2,60,65)(H,63,73)/t35-,36-,38-,39?,43?,44?,45+,46?,50-,55+/m0/s1. The number of phenolic OH excluding ortho intramolecular Hbond substituents is 1. The van der Waals surface area contributed by atoms with E-state index < -0.39 is 18.1 Å². The van der Waals surface area contributed by atoms with Gasteiger partial charge in [0.25, 0.3) is 5.88 Å². The molecule has 5 fully saturated rings. The quantitative estimate of drug-likeness (QED) is 0.0634. The number of hydrogen-bond acceptors (Lipinski definition) is 17. The Labute approximate surface area is 460 Å². The number of nitrogen functional groups attached to an aromatic ring is 1. The van der Waals surface area contributed by atoms with Gasteiger partial charge in [0.2, 0.25) is 17.7 Å². The number of benzene rings is 2. The minimum Gasteiger partial charge on any atom is -0.507 e. The largest absolute Gasteiger partial charge is 0.507 e. The number of aromatic nitrogens is 5. The number of nitrogens with two attached hydrogens (primary N) is 1. The van der Waals surface area contributed by atoms with Gasteiger partial charge in [-0.2, -0.15) is 0 Å². The van der Waals surface area contributed by atoms with Crippen molar-refractivity contribution in [3.63, 3.8) is 0 Å². The second kappa shape index (κ2) is 22.9. The number of fused-ring (bicyclic) bond motifs is 2. The molecule has 1 saturated carbocycles. The average Bonchev–Trinajstić information content (AvgIpc) is 4.34. The minimum atomic E-state index is -0.821. The summed E-state index contributed by atoms with van der Waals surface area (Å²) in [4.78, 5) is 47.2. The first-order chi connectivity index (χ1) is 37.7. The molecule has 11 rings (SSSR count). The lowest BCUT2D eigenvalue weighted by Crippen LogP contribution is -2.54. The lowest BCUT2D eigenvalue weighted by Gasteiger charge is -2.44. The molecule has 4 aliphatic heterocycles. The summed E-state index contributed by atoms with van der Waals surface area (Å²) in [5.41, 5.74) is 14.5. The minimum absolute atomic E-state index is 0.0623. The van der Waals surface area contributed by atoms with Crippen LogP contribution < -0.4 is 30.3 Å². The summed E-state index contributed by atoms with van der Waals surface area (Å²) in [6.45, 7) is 14.4. The zero-order valence-corrected chi connectivity index (χ0v) is 46.1. The molecule has 2 amide bonds. The van der Waals surface area contributed by atoms with Gasteiger partial charge < -0.3 is 54.9 Å². The van der Waals surface area contributed by atoms with Crippen LogP contribution >= 0.6 is 11.3 Å². The number of phenols is 1. The third kappa shape index (κ3) is 11.4. The van der Waals surface area contributed by atoms with Crippen molar-refractivity contribution >= 4 is 40.3 Å². The normalized spacial score (nSPS) is 25.0. The molecule has 0 spiro atoms. The van der Waals surface area contributed by atoms with Crippen molar-refractivity contribution in [3.05, 3.63) is 102 Å². The Hall–Kier alpha value is -6.83. The highest BCUT2D eigenvalue weighted by molar-refractivity contribution is 7.13. The Morgan fingerprint density at radius 3 is 2.42 bits per heavy atom. The van der Waals surface area contributed by atoms with E-state index in [0.29, 0.717) is 71.2 Å². The molecule has 2 aromatic carbocycles. The number of para-hydroxylation sites is 1. The van der Waals surface area contributed by atoms with Crippen molar-refractivity contribution in [2.75, 3.05) is 54.9 Å². The van der Waals surface area contributed by atoms with Crippen LogP contribution in [0, 0.1) is 24.7 Å². The fraction of sp³-hybridized carbons (Fsp3) is 0.508. The molecule has 8 atom stereocenters. The first kappa shape index (κ1) is 53.2. The molecule has 2 bridgehead atoms. The zero-order valence-electron chi connectivity index (χ0n) is 45.3. The number of β-amino-alcohol motifs (C(OH)–C–C–N with tert-alkyl or cyclic N) is 1. The predicted molar refractivity (Wildman–Crippen MR) is 299 cm³/mol. The van der Waals surface area contributed by atoms with Crippen LogP contribution in [0.2, 0.25) is 0 Å². The Morgan fingerprint density at radius 1 is 0.910 bits per heavy atom. The maximum absolute atomic E-state index is 14.3. The Bertz CT molecular complexity index is 3040. The van der Waals surface area contributed by atoms with Crippen molar-refractivity contribution < 1.29 is 33.8 Å². The van der Waals surface area contributed by atoms with Crippen LogP contribution in [0.15, 0.2) is 89.0 Å². The van der Waals surface area contributed by atoms with Crippen LogP contribution in [0.25, 0.3) is 21.7 Å². The van der Waals surface area contributed by atoms with Crippen molar-refractivity contribution in [3.8, 4) is 39.2 Å². The summed E-state index contributed by atoms with van der Waals surface area (Å²) in [5, 5.41) is 37.1. The Kier molecular flexibility index (Phi) is 15.6. The van der Waals surface area contributed by atoms with Gasteiger partial charge in [0.15, 0.2) is 11.6 Å². The molecule has 78 heavy (non-hydrogen) atoms. The molecular formula is C59H73N11O7S. The fourth-order valence-electron chi connectivity index (χ4n) is 12.8. The number of nitrogens with one attached hydrogen (secondary N) is 1. The Morgan fingerprint density at radius 2 is 1.69 bits per heavy atom. The molecule has 0 radical (unpaired) electrons. The van der Waals surface area contributed by atoms with Gasteiger partial charge in [0.05, 0.1) is 46.2 Å². The molecule has 412 valence electrons. The highest BCUT2D eigenvalue weighted by atomic mass is 32.1. The number of aryl methyl sites for hydroxylation is 1. The van der Waals surface area contributed by atoms with Crippen molar-refractivity contribution in [2.24, 2.45) is 17.8 Å². The Balaban J connectivity index is 0.610. The van der Waals surface area contributed by atoms with Crippen molar-refractivity contribution in [2.45, 2.75) is 134 Å². The third-order valence-corrected chi connectivity index (χ3v) is 18.1. The summed E-state index contributed by atoms with van der Waals surface area (Å²) < 4.78 is 18.4. The summed E-state index contributed by atoms with van der Waals surface area (Å²) in [6.07, 6.45) is 8.65. The second-order valence-corrected chi connectivity index (χ2v) is 23.7. The second-order valence-electron chi connectivity index (χ2n) is 22.8. The summed E-state index contributed by atoms with van der Waals surface area (Å²) >= 11 is 1.60. The number of piperazine rings is 1. The van der Waals surface area contributed by atoms with E-state index in [2.05, 4.69) is 64.4 Å². The van der Waals surface area contributed by atoms with Crippen LogP contribution in [0.1, 0.15) is 108 Å². The molecule has 5 N–H and O–H groups in total. The van der Waals surface area contributed by atoms with E-state index in [1.54, 1.807) is 29.5 Å². The number of ether oxygens (including phenoxy) is 2. The number of amides is 2. The number of piperidine rings is 1. The molecule has 5 aliphatic rings. The first-order valence-corrected chi connectivity index (χ1v) is 28.8. The van der Waals surface area contributed by atoms with Gasteiger partial charge in [-0.3, -0.25) is 9.59 Å². The molecule has 19 heteroatoms. The van der Waals surface area contributed by atoms with E-state index in [9.17, 15) is 19.8 Å². The maximum atomic E-state index is 14.3. The van der Waals surface area contributed by atoms with Crippen LogP contribution in [-0.2, 0) is 9.59 Å². The van der Waals surface area contributed by atoms with Crippen LogP contribution in [0.3, 0.4) is 0 Å². The van der Waals surface area contributed by atoms with E-state index in [0.717, 1.165) is 104 Å². The molecule has 8 heterocycles. The van der Waals surface area contributed by atoms with E-state index in [1.807, 2.05) is 81.9 Å². The van der Waals surface area contributed by atoms with Crippen molar-refractivity contribution in [1.82, 2.24) is 40.4 Å². The lowest BCUT2D eigenvalue weighted by atomic mass is 9.80. The van der Waals surface area contributed by atoms with Crippen molar-refractivity contribution in [1.29, 1.82) is 0 Å². The number of aromatic hydroxyl groups is 1. The number of aliphatic hydroxyl groups is 1. The third-order valence-electron chi connectivity index (χ3n) is 17.1. The van der Waals surface area contributed by atoms with Gasteiger partial charge in [-0.25, -0.2) is 9.97 Å². The molecule has 6 aromatic rings. The van der Waals surface area contributed by atoms with Crippen LogP contribution in [0.5, 0.6) is 17.5 Å². The molecule has 4 aromatic heterocycles. The topological polar surface area (TPSA) is 222 Å². The number of carbonyl (C=O) groups is 2. The number of rotatable bonds is 18. The summed E-state index contributed by atoms with van der Waals surface area (Å²) in [6, 6.07) is 23.0. The number of anilines is 3. The number of thiazole rings is 1. The molecule has 18 nitrogen and oxygen atoms in total. The molecular weight excluding hydrogens is 1010 g/mol. The highest BCUT2D eigenvalue weighted by Crippen LogP contribution is 2.41. The molecule has 1 aliphatic carbocycles. The van der Waals surface area contributed by atoms with Gasteiger partial charge >= 0.3 is 0 Å². The maximum Gasteiger partial charge on any atom is 0.254 e. The number of carbonyl (C=O) groups excluding carboxylic acids is 2. The van der Waals surface area contributed by atoms with E-state index in [1.165, 1.54) is 4.90 Å². The van der Waals surface area contributed by atoms with Gasteiger partial charge in [0, 0.05) is 80.3 Å². The smallest absolute Gasteiger partial charge is 0.254 e. The summed E-state index contributed by atoms with van der Waals surface area (Å²) in [7, 11) is 0. The van der Waals surface area contributed by atoms with Gasteiger partial charge in [-0.15, -0.1) is 21.5 Å². The fourth-order valence-corrected chi connectivity index (χ4v) is 13.6. The van der Waals surface area contributed by atoms with E-state index >= 15 is 0 Å². The van der Waals surface area contributed by atoms with Gasteiger partial charge in [0.1, 0.15) is 23.8 Å². The highest BCUT2D eigenvalue weighted by Gasteiger charge is 2.45. The van der Waals surface area contributed by atoms with Crippen LogP contribution in [-0.4, -0.2) is 133 Å². The van der Waals surface area contributed by atoms with Gasteiger partial charge in [-0.1, -0.05) is 50.2 Å². The van der Waals surface area contributed by atoms with E-state index in [-0.39, 0.29) is 48.6 Å². The number of likely N-dealkylation sites (tertiary alicyclic amines) is 2. The van der Waals surface area contributed by atoms with Gasteiger partial charge in [-0.05, 0) is 131 Å². The first-order valence-electron chi connectivity index (χ1n) is 27.9. The summed E-state index contributed by atoms with van der Waals surface area (Å²) in [5.74, 6) is 1.62. The number of aliphatic hydroxyl groups excluding tert-OH is 1. The lowest BCUT2D eigenvalue weighted by molar-refractivity contribution is -0.141. The SMILES string of the molecule is Cc1ncsc1-c1ccc([C@H](C)NC(=O)[C@@H]2C[C@@H](O)CN2C(=O)[C@@H](c2cc(OCC[C@@H]3CCN(CC4CC(Oc5cc(N6C7CCC6CN(c6cc(-c8ccccc8O)nnc6N)C7)ccn5)C4)[C@@H](C)C3)no2)C(C)C)cc1. The predicted octanol–water partition coefficient (Wildman–Crippen LogP) is 8.41. The monoisotopic (exact) mass is 1080 g/mol. The number of pyridine rings is 1. The molecule has 2 unspecified atom stereocenters. The molecule has 4 saturated heterocycles. The van der Waals surface area contributed by atoms with E-state index in [4.69, 9.17) is 19.7 Å². The zero-order chi connectivity index (χ0) is 54.2. The number of nitrogens with zero attached hydrogens (tertiary/aromatic N) is 9. The average molecular weight is 1080 g/mol. The van der Waals surface area contributed by atoms with Crippen LogP contribution in [0.4, 0.5) is 17.2 Å².